The second kappa shape index (κ2) is 7.98. The molecular weight excluding hydrogens is 356 g/mol. The van der Waals surface area contributed by atoms with Gasteiger partial charge in [-0.1, -0.05) is 13.0 Å². The molecule has 0 aromatic carbocycles. The van der Waals surface area contributed by atoms with Crippen molar-refractivity contribution in [3.05, 3.63) is 45.3 Å². The summed E-state index contributed by atoms with van der Waals surface area (Å²) in [5.41, 5.74) is 2.42. The van der Waals surface area contributed by atoms with Crippen LogP contribution in [-0.2, 0) is 19.4 Å². The summed E-state index contributed by atoms with van der Waals surface area (Å²) < 4.78 is 0. The van der Waals surface area contributed by atoms with E-state index in [1.54, 1.807) is 11.3 Å². The molecule has 2 aromatic heterocycles. The number of likely N-dealkylation sites (N-methyl/N-ethyl adjacent to an activating group) is 1. The normalized spacial score (nSPS) is 20.4. The highest BCUT2D eigenvalue weighted by atomic mass is 32.1. The summed E-state index contributed by atoms with van der Waals surface area (Å²) in [6, 6.07) is 6.24. The van der Waals surface area contributed by atoms with Crippen molar-refractivity contribution in [2.24, 2.45) is 5.92 Å². The van der Waals surface area contributed by atoms with Crippen molar-refractivity contribution < 1.29 is 4.79 Å². The van der Waals surface area contributed by atoms with Crippen LogP contribution in [0.3, 0.4) is 0 Å². The van der Waals surface area contributed by atoms with Crippen LogP contribution in [-0.4, -0.2) is 49.0 Å². The van der Waals surface area contributed by atoms with Gasteiger partial charge in [0.2, 0.25) is 0 Å². The Labute approximate surface area is 165 Å². The Kier molecular flexibility index (Phi) is 5.45. The number of hydrogen-bond donors (Lipinski definition) is 1. The molecule has 0 bridgehead atoms. The first-order chi connectivity index (χ1) is 13.1. The molecule has 0 spiro atoms. The van der Waals surface area contributed by atoms with Crippen LogP contribution in [0.25, 0.3) is 0 Å². The third-order valence-corrected chi connectivity index (χ3v) is 6.88. The summed E-state index contributed by atoms with van der Waals surface area (Å²) in [6.07, 6.45) is 5.35. The fraction of sp³-hybridized carbons (Fsp3) is 0.524. The van der Waals surface area contributed by atoms with E-state index in [1.165, 1.54) is 16.9 Å². The highest BCUT2D eigenvalue weighted by Crippen LogP contribution is 2.32. The maximum absolute atomic E-state index is 12.5. The number of rotatable bonds is 4. The average molecular weight is 385 g/mol. The van der Waals surface area contributed by atoms with Crippen LogP contribution in [0.2, 0.25) is 0 Å². The molecule has 4 rings (SSSR count). The molecule has 1 saturated heterocycles. The number of aromatic nitrogens is 1. The zero-order valence-electron chi connectivity index (χ0n) is 16.2. The molecule has 2 aromatic rings. The van der Waals surface area contributed by atoms with E-state index >= 15 is 0 Å². The molecule has 1 atom stereocenters. The number of amides is 1. The fourth-order valence-electron chi connectivity index (χ4n) is 3.83. The Balaban J connectivity index is 1.33. The number of pyridine rings is 1. The molecular formula is C21H28N4OS. The van der Waals surface area contributed by atoms with Crippen LogP contribution in [0.1, 0.15) is 39.0 Å². The molecule has 0 radical (unpaired) electrons. The summed E-state index contributed by atoms with van der Waals surface area (Å²) >= 11 is 1.66. The lowest BCUT2D eigenvalue weighted by molar-refractivity contribution is 0.0955. The molecule has 1 amide bonds. The second-order valence-corrected chi connectivity index (χ2v) is 9.04. The minimum Gasteiger partial charge on any atom is -0.354 e. The number of carbonyl (C=O) groups is 1. The minimum atomic E-state index is 0.0326. The van der Waals surface area contributed by atoms with E-state index in [1.807, 2.05) is 6.20 Å². The van der Waals surface area contributed by atoms with Crippen LogP contribution >= 0.6 is 11.3 Å². The number of thiophene rings is 1. The van der Waals surface area contributed by atoms with Crippen molar-refractivity contribution in [1.29, 1.82) is 0 Å². The molecule has 27 heavy (non-hydrogen) atoms. The summed E-state index contributed by atoms with van der Waals surface area (Å²) in [6.45, 7) is 6.99. The first kappa shape index (κ1) is 18.4. The smallest absolute Gasteiger partial charge is 0.261 e. The van der Waals surface area contributed by atoms with Crippen LogP contribution < -0.4 is 10.2 Å². The van der Waals surface area contributed by atoms with Crippen molar-refractivity contribution >= 4 is 23.1 Å². The average Bonchev–Trinajstić information content (AvgIpc) is 3.10. The Bertz CT molecular complexity index is 793. The molecule has 1 unspecified atom stereocenters. The number of aryl methyl sites for hydroxylation is 1. The highest BCUT2D eigenvalue weighted by Gasteiger charge is 2.20. The van der Waals surface area contributed by atoms with Gasteiger partial charge in [-0.3, -0.25) is 4.79 Å². The number of carbonyl (C=O) groups excluding carboxylic acids is 1. The molecule has 2 aliphatic rings. The zero-order valence-corrected chi connectivity index (χ0v) is 17.0. The van der Waals surface area contributed by atoms with E-state index in [9.17, 15) is 4.79 Å². The van der Waals surface area contributed by atoms with Crippen LogP contribution in [0.5, 0.6) is 0 Å². The number of anilines is 1. The van der Waals surface area contributed by atoms with Gasteiger partial charge in [0.25, 0.3) is 5.91 Å². The first-order valence-corrected chi connectivity index (χ1v) is 10.7. The predicted molar refractivity (Wildman–Crippen MR) is 111 cm³/mol. The molecule has 1 fully saturated rings. The Hall–Kier alpha value is -1.92. The lowest BCUT2D eigenvalue weighted by Crippen LogP contribution is -2.44. The van der Waals surface area contributed by atoms with Gasteiger partial charge in [-0.2, -0.15) is 0 Å². The quantitative estimate of drug-likeness (QED) is 0.881. The van der Waals surface area contributed by atoms with Gasteiger partial charge in [0, 0.05) is 43.8 Å². The lowest BCUT2D eigenvalue weighted by atomic mass is 9.90. The first-order valence-electron chi connectivity index (χ1n) is 9.86. The molecule has 144 valence electrons. The van der Waals surface area contributed by atoms with Gasteiger partial charge in [0.05, 0.1) is 4.88 Å². The van der Waals surface area contributed by atoms with Gasteiger partial charge in [-0.05, 0) is 55.5 Å². The van der Waals surface area contributed by atoms with Gasteiger partial charge in [-0.15, -0.1) is 11.3 Å². The van der Waals surface area contributed by atoms with E-state index in [-0.39, 0.29) is 5.91 Å². The van der Waals surface area contributed by atoms with Gasteiger partial charge in [0.15, 0.2) is 0 Å². The maximum atomic E-state index is 12.5. The topological polar surface area (TPSA) is 48.5 Å². The molecule has 0 saturated carbocycles. The van der Waals surface area contributed by atoms with Gasteiger partial charge < -0.3 is 15.1 Å². The summed E-state index contributed by atoms with van der Waals surface area (Å²) in [4.78, 5) is 24.0. The van der Waals surface area contributed by atoms with E-state index < -0.39 is 0 Å². The van der Waals surface area contributed by atoms with Crippen molar-refractivity contribution in [1.82, 2.24) is 15.2 Å². The number of fused-ring (bicyclic) bond motifs is 1. The highest BCUT2D eigenvalue weighted by molar-refractivity contribution is 7.14. The molecule has 1 aliphatic heterocycles. The van der Waals surface area contributed by atoms with E-state index in [0.717, 1.165) is 61.2 Å². The van der Waals surface area contributed by atoms with E-state index in [4.69, 9.17) is 0 Å². The van der Waals surface area contributed by atoms with Crippen LogP contribution in [0.4, 0.5) is 5.82 Å². The van der Waals surface area contributed by atoms with Crippen LogP contribution in [0, 0.1) is 5.92 Å². The Morgan fingerprint density at radius 3 is 2.85 bits per heavy atom. The van der Waals surface area contributed by atoms with Crippen molar-refractivity contribution in [3.63, 3.8) is 0 Å². The van der Waals surface area contributed by atoms with Gasteiger partial charge in [0.1, 0.15) is 5.82 Å². The molecule has 1 N–H and O–H groups in total. The van der Waals surface area contributed by atoms with E-state index in [2.05, 4.69) is 52.3 Å². The van der Waals surface area contributed by atoms with Gasteiger partial charge in [-0.25, -0.2) is 4.98 Å². The monoisotopic (exact) mass is 384 g/mol. The lowest BCUT2D eigenvalue weighted by Gasteiger charge is -2.33. The Morgan fingerprint density at radius 1 is 1.30 bits per heavy atom. The SMILES string of the molecule is CC1CCc2sc(C(=O)NCc3ccc(N4CCN(C)CC4)nc3)cc2C1. The zero-order chi connectivity index (χ0) is 18.8. The van der Waals surface area contributed by atoms with Crippen LogP contribution in [0.15, 0.2) is 24.4 Å². The van der Waals surface area contributed by atoms with Gasteiger partial charge >= 0.3 is 0 Å². The number of hydrogen-bond acceptors (Lipinski definition) is 5. The Morgan fingerprint density at radius 2 is 2.11 bits per heavy atom. The van der Waals surface area contributed by atoms with Crippen molar-refractivity contribution in [3.8, 4) is 0 Å². The predicted octanol–water partition coefficient (Wildman–Crippen LogP) is 2.95. The molecule has 3 heterocycles. The largest absolute Gasteiger partial charge is 0.354 e. The second-order valence-electron chi connectivity index (χ2n) is 7.90. The number of piperazine rings is 1. The minimum absolute atomic E-state index is 0.0326. The molecule has 1 aliphatic carbocycles. The maximum Gasteiger partial charge on any atom is 0.261 e. The molecule has 5 nitrogen and oxygen atoms in total. The third-order valence-electron chi connectivity index (χ3n) is 5.64. The number of nitrogens with zero attached hydrogens (tertiary/aromatic N) is 3. The standard InChI is InChI=1S/C21H28N4OS/c1-15-3-5-18-17(11-15)12-19(27-18)21(26)23-14-16-4-6-20(22-13-16)25-9-7-24(2)8-10-25/h4,6,12-13,15H,3,5,7-11,14H2,1-2H3,(H,23,26). The summed E-state index contributed by atoms with van der Waals surface area (Å²) in [5, 5.41) is 3.05. The fourth-order valence-corrected chi connectivity index (χ4v) is 4.96. The number of nitrogens with one attached hydrogen (secondary N) is 1. The third kappa shape index (κ3) is 4.33. The summed E-state index contributed by atoms with van der Waals surface area (Å²) in [7, 11) is 2.15. The van der Waals surface area contributed by atoms with Crippen molar-refractivity contribution in [2.75, 3.05) is 38.1 Å². The van der Waals surface area contributed by atoms with Crippen molar-refractivity contribution in [2.45, 2.75) is 32.7 Å². The molecule has 6 heteroatoms. The summed E-state index contributed by atoms with van der Waals surface area (Å²) in [5.74, 6) is 1.79. The van der Waals surface area contributed by atoms with E-state index in [0.29, 0.717) is 6.54 Å².